The number of tetrazole rings is 1. The molecule has 2 aromatic carbocycles. The molecule has 4 rings (SSSR count). The molecule has 1 fully saturated rings. The van der Waals surface area contributed by atoms with E-state index in [0.717, 1.165) is 50.5 Å². The first-order valence-corrected chi connectivity index (χ1v) is 12.0. The summed E-state index contributed by atoms with van der Waals surface area (Å²) in [4.78, 5) is 4.99. The first-order chi connectivity index (χ1) is 16.5. The van der Waals surface area contributed by atoms with E-state index in [0.29, 0.717) is 11.5 Å². The number of aromatic nitrogens is 4. The Bertz CT molecular complexity index is 1070. The van der Waals surface area contributed by atoms with E-state index in [4.69, 9.17) is 9.47 Å². The Morgan fingerprint density at radius 1 is 0.943 bits per heavy atom. The zero-order valence-corrected chi connectivity index (χ0v) is 22.2. The lowest BCUT2D eigenvalue weighted by atomic mass is 9.98. The molecule has 3 aromatic rings. The van der Waals surface area contributed by atoms with Gasteiger partial charge in [0.2, 0.25) is 0 Å². The SMILES string of the molecule is CCC(C)(C)n1nnnc1C(c1ccc(OC)c(OC)c1)N1CCN(Cc2ccccc2)CC1.Cl. The van der Waals surface area contributed by atoms with E-state index in [1.165, 1.54) is 5.56 Å². The van der Waals surface area contributed by atoms with Gasteiger partial charge < -0.3 is 9.47 Å². The molecule has 1 unspecified atom stereocenters. The highest BCUT2D eigenvalue weighted by Crippen LogP contribution is 2.36. The summed E-state index contributed by atoms with van der Waals surface area (Å²) < 4.78 is 13.1. The lowest BCUT2D eigenvalue weighted by Crippen LogP contribution is -2.48. The Morgan fingerprint density at radius 2 is 1.63 bits per heavy atom. The largest absolute Gasteiger partial charge is 0.493 e. The molecule has 35 heavy (non-hydrogen) atoms. The van der Waals surface area contributed by atoms with Crippen LogP contribution in [-0.2, 0) is 12.1 Å². The molecule has 1 aliphatic rings. The van der Waals surface area contributed by atoms with E-state index in [1.807, 2.05) is 10.7 Å². The first-order valence-electron chi connectivity index (χ1n) is 12.0. The number of nitrogens with zero attached hydrogens (tertiary/aromatic N) is 6. The van der Waals surface area contributed by atoms with Crippen molar-refractivity contribution in [1.82, 2.24) is 30.0 Å². The van der Waals surface area contributed by atoms with Gasteiger partial charge in [-0.1, -0.05) is 43.3 Å². The predicted molar refractivity (Wildman–Crippen MR) is 139 cm³/mol. The number of rotatable bonds is 9. The summed E-state index contributed by atoms with van der Waals surface area (Å²) in [5, 5.41) is 13.0. The number of benzene rings is 2. The van der Waals surface area contributed by atoms with Gasteiger partial charge in [-0.15, -0.1) is 17.5 Å². The van der Waals surface area contributed by atoms with Crippen LogP contribution in [0.15, 0.2) is 48.5 Å². The standard InChI is InChI=1S/C26H36N6O2.ClH/c1-6-26(2,3)32-25(27-28-29-32)24(21-12-13-22(33-4)23(18-21)34-5)31-16-14-30(15-17-31)19-20-10-8-7-9-11-20;/h7-13,18,24H,6,14-17,19H2,1-5H3;1H. The maximum atomic E-state index is 5.62. The molecule has 1 saturated heterocycles. The van der Waals surface area contributed by atoms with Crippen molar-refractivity contribution in [1.29, 1.82) is 0 Å². The van der Waals surface area contributed by atoms with Gasteiger partial charge in [0.25, 0.3) is 0 Å². The second-order valence-electron chi connectivity index (χ2n) is 9.43. The van der Waals surface area contributed by atoms with Crippen LogP contribution < -0.4 is 9.47 Å². The minimum absolute atomic E-state index is 0. The quantitative estimate of drug-likeness (QED) is 0.437. The van der Waals surface area contributed by atoms with Crippen molar-refractivity contribution in [3.05, 3.63) is 65.5 Å². The Kier molecular flexibility index (Phi) is 9.10. The molecule has 0 aliphatic carbocycles. The molecule has 2 heterocycles. The lowest BCUT2D eigenvalue weighted by molar-refractivity contribution is 0.0971. The fourth-order valence-corrected chi connectivity index (χ4v) is 4.51. The van der Waals surface area contributed by atoms with E-state index in [1.54, 1.807) is 14.2 Å². The highest BCUT2D eigenvalue weighted by Gasteiger charge is 2.34. The Hall–Kier alpha value is -2.68. The Balaban J connectivity index is 0.00000342. The van der Waals surface area contributed by atoms with Gasteiger partial charge in [-0.2, -0.15) is 0 Å². The summed E-state index contributed by atoms with van der Waals surface area (Å²) >= 11 is 0. The fourth-order valence-electron chi connectivity index (χ4n) is 4.51. The fraction of sp³-hybridized carbons (Fsp3) is 0.500. The third-order valence-electron chi connectivity index (χ3n) is 6.92. The molecule has 0 saturated carbocycles. The molecule has 9 heteroatoms. The molecule has 1 atom stereocenters. The Labute approximate surface area is 214 Å². The van der Waals surface area contributed by atoms with Crippen LogP contribution in [-0.4, -0.2) is 70.4 Å². The van der Waals surface area contributed by atoms with Gasteiger partial charge in [0.05, 0.1) is 25.8 Å². The first kappa shape index (κ1) is 26.9. The number of halogens is 1. The third kappa shape index (κ3) is 5.94. The summed E-state index contributed by atoms with van der Waals surface area (Å²) in [6.45, 7) is 11.3. The summed E-state index contributed by atoms with van der Waals surface area (Å²) in [5.41, 5.74) is 2.25. The molecule has 0 radical (unpaired) electrons. The minimum atomic E-state index is -0.192. The van der Waals surface area contributed by atoms with Crippen LogP contribution in [0.2, 0.25) is 0 Å². The predicted octanol–water partition coefficient (Wildman–Crippen LogP) is 4.16. The Morgan fingerprint density at radius 3 is 2.26 bits per heavy atom. The maximum absolute atomic E-state index is 5.62. The van der Waals surface area contributed by atoms with Gasteiger partial charge in [0.15, 0.2) is 17.3 Å². The molecule has 0 bridgehead atoms. The second kappa shape index (κ2) is 11.8. The number of hydrogen-bond acceptors (Lipinski definition) is 7. The molecule has 0 amide bonds. The van der Waals surface area contributed by atoms with Crippen LogP contribution in [0.5, 0.6) is 11.5 Å². The van der Waals surface area contributed by atoms with E-state index in [9.17, 15) is 0 Å². The lowest BCUT2D eigenvalue weighted by Gasteiger charge is -2.39. The van der Waals surface area contributed by atoms with Crippen LogP contribution in [0.25, 0.3) is 0 Å². The summed E-state index contributed by atoms with van der Waals surface area (Å²) in [5.74, 6) is 2.28. The molecular weight excluding hydrogens is 464 g/mol. The van der Waals surface area contributed by atoms with Crippen LogP contribution in [0.3, 0.4) is 0 Å². The molecule has 8 nitrogen and oxygen atoms in total. The summed E-state index contributed by atoms with van der Waals surface area (Å²) in [6, 6.07) is 16.7. The summed E-state index contributed by atoms with van der Waals surface area (Å²) in [7, 11) is 3.33. The number of piperazine rings is 1. The van der Waals surface area contributed by atoms with Crippen molar-refractivity contribution in [3.8, 4) is 11.5 Å². The van der Waals surface area contributed by atoms with Crippen molar-refractivity contribution in [2.75, 3.05) is 40.4 Å². The van der Waals surface area contributed by atoms with Crippen molar-refractivity contribution in [2.24, 2.45) is 0 Å². The molecule has 1 aliphatic heterocycles. The maximum Gasteiger partial charge on any atom is 0.173 e. The molecular formula is C26H37ClN6O2. The van der Waals surface area contributed by atoms with Gasteiger partial charge in [-0.25, -0.2) is 4.68 Å². The van der Waals surface area contributed by atoms with Crippen LogP contribution >= 0.6 is 12.4 Å². The van der Waals surface area contributed by atoms with E-state index < -0.39 is 0 Å². The van der Waals surface area contributed by atoms with Gasteiger partial charge in [0.1, 0.15) is 0 Å². The van der Waals surface area contributed by atoms with E-state index in [-0.39, 0.29) is 24.0 Å². The highest BCUT2D eigenvalue weighted by molar-refractivity contribution is 5.85. The zero-order chi connectivity index (χ0) is 24.1. The summed E-state index contributed by atoms with van der Waals surface area (Å²) in [6.07, 6.45) is 0.925. The number of hydrogen-bond donors (Lipinski definition) is 0. The minimum Gasteiger partial charge on any atom is -0.493 e. The van der Waals surface area contributed by atoms with Crippen molar-refractivity contribution >= 4 is 12.4 Å². The van der Waals surface area contributed by atoms with Crippen molar-refractivity contribution < 1.29 is 9.47 Å². The highest BCUT2D eigenvalue weighted by atomic mass is 35.5. The molecule has 0 N–H and O–H groups in total. The van der Waals surface area contributed by atoms with Crippen molar-refractivity contribution in [3.63, 3.8) is 0 Å². The smallest absolute Gasteiger partial charge is 0.173 e. The van der Waals surface area contributed by atoms with Gasteiger partial charge in [-0.3, -0.25) is 9.80 Å². The zero-order valence-electron chi connectivity index (χ0n) is 21.3. The van der Waals surface area contributed by atoms with Crippen LogP contribution in [0, 0.1) is 0 Å². The molecule has 190 valence electrons. The van der Waals surface area contributed by atoms with E-state index in [2.05, 4.69) is 88.6 Å². The van der Waals surface area contributed by atoms with Gasteiger partial charge in [0, 0.05) is 32.7 Å². The number of methoxy groups -OCH3 is 2. The topological polar surface area (TPSA) is 68.5 Å². The molecule has 1 aromatic heterocycles. The van der Waals surface area contributed by atoms with E-state index >= 15 is 0 Å². The second-order valence-corrected chi connectivity index (χ2v) is 9.43. The average molecular weight is 501 g/mol. The number of ether oxygens (including phenoxy) is 2. The average Bonchev–Trinajstić information content (AvgIpc) is 3.36. The normalized spacial score (nSPS) is 15.9. The monoisotopic (exact) mass is 500 g/mol. The molecule has 0 spiro atoms. The van der Waals surface area contributed by atoms with Gasteiger partial charge >= 0.3 is 0 Å². The van der Waals surface area contributed by atoms with Crippen molar-refractivity contribution in [2.45, 2.75) is 45.3 Å². The van der Waals surface area contributed by atoms with Gasteiger partial charge in [-0.05, 0) is 54.0 Å². The third-order valence-corrected chi connectivity index (χ3v) is 6.92. The van der Waals surface area contributed by atoms with Crippen LogP contribution in [0.4, 0.5) is 0 Å². The van der Waals surface area contributed by atoms with Crippen LogP contribution in [0.1, 0.15) is 50.2 Å².